The molecule has 0 fully saturated rings. The topological polar surface area (TPSA) is 41.5 Å². The Morgan fingerprint density at radius 3 is 2.67 bits per heavy atom. The number of para-hydroxylation sites is 2. The molecule has 0 radical (unpaired) electrons. The van der Waals surface area contributed by atoms with Crippen molar-refractivity contribution in [3.63, 3.8) is 0 Å². The fourth-order valence-electron chi connectivity index (χ4n) is 2.68. The Bertz CT molecular complexity index is 757. The maximum absolute atomic E-state index is 12.3. The number of benzene rings is 2. The summed E-state index contributed by atoms with van der Waals surface area (Å²) in [5, 5.41) is 4.80. The molecule has 0 bridgehead atoms. The SMILES string of the molecule is O=C1Nc2ccccc2C12C=c1ccccc1=N2. The van der Waals surface area contributed by atoms with E-state index in [0.717, 1.165) is 21.8 Å². The van der Waals surface area contributed by atoms with Gasteiger partial charge in [-0.1, -0.05) is 36.4 Å². The number of hydrogen-bond acceptors (Lipinski definition) is 2. The highest BCUT2D eigenvalue weighted by molar-refractivity contribution is 6.10. The molecule has 4 rings (SSSR count). The minimum atomic E-state index is -0.861. The number of nitrogens with zero attached hydrogens (tertiary/aromatic N) is 1. The largest absolute Gasteiger partial charge is 0.323 e. The number of rotatable bonds is 0. The normalized spacial score (nSPS) is 23.0. The lowest BCUT2D eigenvalue weighted by molar-refractivity contribution is -0.118. The number of nitrogens with one attached hydrogen (secondary N) is 1. The predicted molar refractivity (Wildman–Crippen MR) is 68.4 cm³/mol. The number of carbonyl (C=O) groups excluding carboxylic acids is 1. The molecule has 0 aliphatic carbocycles. The zero-order chi connectivity index (χ0) is 12.2. The third-order valence-corrected chi connectivity index (χ3v) is 3.53. The molecule has 0 aromatic heterocycles. The van der Waals surface area contributed by atoms with Crippen LogP contribution in [0.15, 0.2) is 53.5 Å². The fourth-order valence-corrected chi connectivity index (χ4v) is 2.68. The third kappa shape index (κ3) is 1.03. The van der Waals surface area contributed by atoms with Crippen LogP contribution in [0.1, 0.15) is 5.56 Å². The minimum absolute atomic E-state index is 0.0695. The Morgan fingerprint density at radius 1 is 1.00 bits per heavy atom. The number of hydrogen-bond donors (Lipinski definition) is 1. The van der Waals surface area contributed by atoms with Gasteiger partial charge in [-0.2, -0.15) is 0 Å². The first-order valence-electron chi connectivity index (χ1n) is 5.88. The van der Waals surface area contributed by atoms with Gasteiger partial charge in [-0.15, -0.1) is 0 Å². The van der Waals surface area contributed by atoms with Crippen LogP contribution in [0.5, 0.6) is 0 Å². The number of amides is 1. The van der Waals surface area contributed by atoms with Gasteiger partial charge < -0.3 is 5.32 Å². The molecule has 1 amide bonds. The average molecular weight is 234 g/mol. The van der Waals surface area contributed by atoms with E-state index >= 15 is 0 Å². The summed E-state index contributed by atoms with van der Waals surface area (Å²) in [6.45, 7) is 0. The highest BCUT2D eigenvalue weighted by Gasteiger charge is 2.46. The molecule has 2 aromatic carbocycles. The van der Waals surface area contributed by atoms with Crippen molar-refractivity contribution in [1.82, 2.24) is 0 Å². The second kappa shape index (κ2) is 3.07. The van der Waals surface area contributed by atoms with Crippen molar-refractivity contribution in [2.45, 2.75) is 5.54 Å². The Kier molecular flexibility index (Phi) is 1.64. The fraction of sp³-hybridized carbons (Fsp3) is 0.0667. The molecule has 1 atom stereocenters. The van der Waals surface area contributed by atoms with Gasteiger partial charge in [0.2, 0.25) is 0 Å². The quantitative estimate of drug-likeness (QED) is 0.724. The molecule has 18 heavy (non-hydrogen) atoms. The van der Waals surface area contributed by atoms with Crippen molar-refractivity contribution in [2.75, 3.05) is 5.32 Å². The van der Waals surface area contributed by atoms with E-state index < -0.39 is 5.54 Å². The average Bonchev–Trinajstić information content (AvgIpc) is 2.90. The number of carbonyl (C=O) groups is 1. The summed E-state index contributed by atoms with van der Waals surface area (Å²) in [5.74, 6) is -0.0695. The van der Waals surface area contributed by atoms with Crippen LogP contribution in [-0.2, 0) is 10.3 Å². The lowest BCUT2D eigenvalue weighted by Gasteiger charge is -2.14. The van der Waals surface area contributed by atoms with Crippen LogP contribution in [0, 0.1) is 0 Å². The highest BCUT2D eigenvalue weighted by atomic mass is 16.2. The lowest BCUT2D eigenvalue weighted by Crippen LogP contribution is -2.29. The van der Waals surface area contributed by atoms with Crippen molar-refractivity contribution < 1.29 is 4.79 Å². The number of anilines is 1. The Morgan fingerprint density at radius 2 is 1.78 bits per heavy atom. The van der Waals surface area contributed by atoms with Crippen molar-refractivity contribution in [3.05, 3.63) is 64.7 Å². The van der Waals surface area contributed by atoms with E-state index in [1.807, 2.05) is 54.6 Å². The summed E-state index contributed by atoms with van der Waals surface area (Å²) in [5.41, 5.74) is 0.932. The van der Waals surface area contributed by atoms with E-state index in [1.165, 1.54) is 0 Å². The van der Waals surface area contributed by atoms with Crippen LogP contribution < -0.4 is 15.9 Å². The Labute approximate surface area is 103 Å². The first-order chi connectivity index (χ1) is 8.79. The monoisotopic (exact) mass is 234 g/mol. The molecular weight excluding hydrogens is 224 g/mol. The summed E-state index contributed by atoms with van der Waals surface area (Å²) in [6.07, 6.45) is 1.95. The Hall–Kier alpha value is -2.42. The van der Waals surface area contributed by atoms with Gasteiger partial charge in [0.15, 0.2) is 5.54 Å². The summed E-state index contributed by atoms with van der Waals surface area (Å²) in [7, 11) is 0. The van der Waals surface area contributed by atoms with Gasteiger partial charge >= 0.3 is 0 Å². The van der Waals surface area contributed by atoms with Gasteiger partial charge in [0.05, 0.1) is 5.36 Å². The van der Waals surface area contributed by atoms with Crippen molar-refractivity contribution in [3.8, 4) is 0 Å². The van der Waals surface area contributed by atoms with Crippen LogP contribution in [0.25, 0.3) is 6.08 Å². The van der Waals surface area contributed by atoms with Crippen LogP contribution >= 0.6 is 0 Å². The van der Waals surface area contributed by atoms with E-state index in [0.29, 0.717) is 0 Å². The molecular formula is C15H10N2O. The molecule has 2 heterocycles. The molecule has 0 saturated heterocycles. The van der Waals surface area contributed by atoms with Crippen molar-refractivity contribution >= 4 is 17.7 Å². The van der Waals surface area contributed by atoms with Crippen molar-refractivity contribution in [1.29, 1.82) is 0 Å². The first kappa shape index (κ1) is 9.59. The summed E-state index contributed by atoms with van der Waals surface area (Å²) < 4.78 is 0. The maximum Gasteiger partial charge on any atom is 0.261 e. The van der Waals surface area contributed by atoms with Gasteiger partial charge in [-0.05, 0) is 23.4 Å². The Balaban J connectivity index is 2.08. The summed E-state index contributed by atoms with van der Waals surface area (Å²) >= 11 is 0. The first-order valence-corrected chi connectivity index (χ1v) is 5.88. The second-order valence-electron chi connectivity index (χ2n) is 4.58. The third-order valence-electron chi connectivity index (χ3n) is 3.53. The minimum Gasteiger partial charge on any atom is -0.323 e. The van der Waals surface area contributed by atoms with E-state index in [4.69, 9.17) is 0 Å². The molecule has 0 saturated carbocycles. The van der Waals surface area contributed by atoms with Crippen LogP contribution in [0.2, 0.25) is 0 Å². The van der Waals surface area contributed by atoms with Crippen LogP contribution in [0.3, 0.4) is 0 Å². The molecule has 1 unspecified atom stereocenters. The molecule has 86 valence electrons. The number of fused-ring (bicyclic) bond motifs is 3. The van der Waals surface area contributed by atoms with E-state index in [2.05, 4.69) is 10.3 Å². The second-order valence-corrected chi connectivity index (χ2v) is 4.58. The van der Waals surface area contributed by atoms with Gasteiger partial charge in [-0.3, -0.25) is 9.79 Å². The summed E-state index contributed by atoms with van der Waals surface area (Å²) in [4.78, 5) is 16.9. The molecule has 2 aliphatic heterocycles. The zero-order valence-electron chi connectivity index (χ0n) is 9.55. The van der Waals surface area contributed by atoms with E-state index in [-0.39, 0.29) is 5.91 Å². The molecule has 2 aliphatic rings. The maximum atomic E-state index is 12.3. The van der Waals surface area contributed by atoms with E-state index in [1.54, 1.807) is 0 Å². The smallest absolute Gasteiger partial charge is 0.261 e. The molecule has 3 nitrogen and oxygen atoms in total. The molecule has 1 N–H and O–H groups in total. The highest BCUT2D eigenvalue weighted by Crippen LogP contribution is 2.40. The molecule has 3 heteroatoms. The van der Waals surface area contributed by atoms with Crippen LogP contribution in [0.4, 0.5) is 5.69 Å². The zero-order valence-corrected chi connectivity index (χ0v) is 9.55. The van der Waals surface area contributed by atoms with Crippen LogP contribution in [-0.4, -0.2) is 5.91 Å². The van der Waals surface area contributed by atoms with Gasteiger partial charge in [0.1, 0.15) is 0 Å². The standard InChI is InChI=1S/C15H10N2O/c18-14-15(11-6-2-4-8-13(11)16-14)9-10-5-1-3-7-12(10)17-15/h1-9H,(H,16,18). The summed E-state index contributed by atoms with van der Waals surface area (Å²) in [6, 6.07) is 15.5. The predicted octanol–water partition coefficient (Wildman–Crippen LogP) is 0.948. The molecule has 1 spiro atoms. The van der Waals surface area contributed by atoms with Gasteiger partial charge in [-0.25, -0.2) is 0 Å². The van der Waals surface area contributed by atoms with Gasteiger partial charge in [0.25, 0.3) is 5.91 Å². The van der Waals surface area contributed by atoms with E-state index in [9.17, 15) is 4.79 Å². The molecule has 2 aromatic rings. The van der Waals surface area contributed by atoms with Gasteiger partial charge in [0, 0.05) is 11.3 Å². The van der Waals surface area contributed by atoms with Crippen molar-refractivity contribution in [2.24, 2.45) is 4.99 Å². The lowest BCUT2D eigenvalue weighted by atomic mass is 9.92.